The summed E-state index contributed by atoms with van der Waals surface area (Å²) in [6, 6.07) is 3.32. The predicted octanol–water partition coefficient (Wildman–Crippen LogP) is 2.75. The number of carbonyl (C=O) groups excluding carboxylic acids is 1. The van der Waals surface area contributed by atoms with Crippen molar-refractivity contribution < 1.29 is 13.6 Å². The lowest BCUT2D eigenvalue weighted by Gasteiger charge is -2.16. The van der Waals surface area contributed by atoms with Crippen LogP contribution in [0, 0.1) is 17.6 Å². The molecule has 0 saturated carbocycles. The van der Waals surface area contributed by atoms with Crippen LogP contribution in [0.4, 0.5) is 8.78 Å². The van der Waals surface area contributed by atoms with Gasteiger partial charge in [0.1, 0.15) is 11.6 Å². The molecule has 2 rings (SSSR count). The van der Waals surface area contributed by atoms with E-state index in [-0.39, 0.29) is 17.9 Å². The molecule has 2 nitrogen and oxygen atoms in total. The lowest BCUT2D eigenvalue weighted by atomic mass is 10.1. The molecule has 1 fully saturated rings. The van der Waals surface area contributed by atoms with Gasteiger partial charge >= 0.3 is 0 Å². The van der Waals surface area contributed by atoms with Crippen molar-refractivity contribution in [3.8, 4) is 0 Å². The number of amides is 1. The molecular weight excluding hydrogens is 304 g/mol. The number of alkyl halides is 1. The summed E-state index contributed by atoms with van der Waals surface area (Å²) in [5, 5.41) is 0.877. The van der Waals surface area contributed by atoms with Gasteiger partial charge in [0.05, 0.1) is 6.42 Å². The van der Waals surface area contributed by atoms with E-state index < -0.39 is 11.6 Å². The second kappa shape index (κ2) is 5.78. The molecule has 1 amide bonds. The molecule has 1 atom stereocenters. The SMILES string of the molecule is O=C(Cc1ccc(F)cc1F)N1CCC(CBr)C1. The quantitative estimate of drug-likeness (QED) is 0.785. The highest BCUT2D eigenvalue weighted by Crippen LogP contribution is 2.19. The zero-order valence-corrected chi connectivity index (χ0v) is 11.4. The summed E-state index contributed by atoms with van der Waals surface area (Å²) in [4.78, 5) is 13.7. The minimum absolute atomic E-state index is 0.00111. The van der Waals surface area contributed by atoms with E-state index in [2.05, 4.69) is 15.9 Å². The molecule has 0 bridgehead atoms. The van der Waals surface area contributed by atoms with Crippen molar-refractivity contribution >= 4 is 21.8 Å². The molecule has 5 heteroatoms. The summed E-state index contributed by atoms with van der Waals surface area (Å²) < 4.78 is 26.2. The highest BCUT2D eigenvalue weighted by atomic mass is 79.9. The summed E-state index contributed by atoms with van der Waals surface area (Å²) in [5.41, 5.74) is 0.253. The first kappa shape index (κ1) is 13.5. The molecule has 1 aromatic carbocycles. The number of hydrogen-bond acceptors (Lipinski definition) is 1. The summed E-state index contributed by atoms with van der Waals surface area (Å²) in [7, 11) is 0. The highest BCUT2D eigenvalue weighted by molar-refractivity contribution is 9.09. The lowest BCUT2D eigenvalue weighted by molar-refractivity contribution is -0.129. The van der Waals surface area contributed by atoms with Crippen molar-refractivity contribution in [2.24, 2.45) is 5.92 Å². The summed E-state index contributed by atoms with van der Waals surface area (Å²) in [6.07, 6.45) is 0.976. The summed E-state index contributed by atoms with van der Waals surface area (Å²) >= 11 is 3.40. The molecular formula is C13H14BrF2NO. The van der Waals surface area contributed by atoms with E-state index in [0.717, 1.165) is 24.4 Å². The fourth-order valence-corrected chi connectivity index (χ4v) is 2.65. The van der Waals surface area contributed by atoms with Gasteiger partial charge in [-0.25, -0.2) is 8.78 Å². The van der Waals surface area contributed by atoms with Crippen LogP contribution in [0.15, 0.2) is 18.2 Å². The molecule has 0 aromatic heterocycles. The number of rotatable bonds is 3. The normalized spacial score (nSPS) is 19.3. The molecule has 1 heterocycles. The van der Waals surface area contributed by atoms with Gasteiger partial charge in [0.25, 0.3) is 0 Å². The summed E-state index contributed by atoms with van der Waals surface area (Å²) in [6.45, 7) is 1.44. The standard InChI is InChI=1S/C13H14BrF2NO/c14-7-9-3-4-17(8-9)13(18)5-10-1-2-11(15)6-12(10)16/h1-2,6,9H,3-5,7-8H2. The number of likely N-dealkylation sites (tertiary alicyclic amines) is 1. The number of nitrogens with zero attached hydrogens (tertiary/aromatic N) is 1. The Labute approximate surface area is 113 Å². The largest absolute Gasteiger partial charge is 0.342 e. The first-order chi connectivity index (χ1) is 8.60. The fourth-order valence-electron chi connectivity index (χ4n) is 2.12. The van der Waals surface area contributed by atoms with Gasteiger partial charge in [0.2, 0.25) is 5.91 Å². The first-order valence-corrected chi connectivity index (χ1v) is 7.00. The van der Waals surface area contributed by atoms with E-state index in [9.17, 15) is 13.6 Å². The van der Waals surface area contributed by atoms with Crippen LogP contribution >= 0.6 is 15.9 Å². The molecule has 1 unspecified atom stereocenters. The van der Waals surface area contributed by atoms with Crippen molar-refractivity contribution in [2.75, 3.05) is 18.4 Å². The van der Waals surface area contributed by atoms with Gasteiger partial charge in [-0.15, -0.1) is 0 Å². The monoisotopic (exact) mass is 317 g/mol. The molecule has 1 aliphatic heterocycles. The average Bonchev–Trinajstić information content (AvgIpc) is 2.81. The van der Waals surface area contributed by atoms with Gasteiger partial charge in [-0.2, -0.15) is 0 Å². The van der Waals surface area contributed by atoms with Gasteiger partial charge in [0.15, 0.2) is 0 Å². The number of benzene rings is 1. The van der Waals surface area contributed by atoms with Crippen LogP contribution in [0.5, 0.6) is 0 Å². The third kappa shape index (κ3) is 3.07. The molecule has 1 aromatic rings. The molecule has 98 valence electrons. The molecule has 1 aliphatic rings. The smallest absolute Gasteiger partial charge is 0.227 e. The van der Waals surface area contributed by atoms with Crippen molar-refractivity contribution in [3.63, 3.8) is 0 Å². The third-order valence-electron chi connectivity index (χ3n) is 3.21. The van der Waals surface area contributed by atoms with Crippen LogP contribution in [0.25, 0.3) is 0 Å². The third-order valence-corrected chi connectivity index (χ3v) is 4.13. The maximum absolute atomic E-state index is 13.4. The number of halogens is 3. The van der Waals surface area contributed by atoms with E-state index in [1.54, 1.807) is 4.90 Å². The zero-order valence-electron chi connectivity index (χ0n) is 9.83. The van der Waals surface area contributed by atoms with E-state index in [1.807, 2.05) is 0 Å². The van der Waals surface area contributed by atoms with Crippen LogP contribution < -0.4 is 0 Å². The summed E-state index contributed by atoms with van der Waals surface area (Å²) in [5.74, 6) is -0.889. The van der Waals surface area contributed by atoms with Gasteiger partial charge in [-0.3, -0.25) is 4.79 Å². The number of carbonyl (C=O) groups is 1. The maximum atomic E-state index is 13.4. The van der Waals surface area contributed by atoms with Crippen molar-refractivity contribution in [1.29, 1.82) is 0 Å². The Balaban J connectivity index is 1.99. The minimum Gasteiger partial charge on any atom is -0.342 e. The van der Waals surface area contributed by atoms with Crippen molar-refractivity contribution in [2.45, 2.75) is 12.8 Å². The fraction of sp³-hybridized carbons (Fsp3) is 0.462. The Morgan fingerprint density at radius 2 is 2.22 bits per heavy atom. The van der Waals surface area contributed by atoms with Crippen LogP contribution in [-0.4, -0.2) is 29.2 Å². The second-order valence-electron chi connectivity index (χ2n) is 4.56. The molecule has 0 spiro atoms. The Bertz CT molecular complexity index is 453. The van der Waals surface area contributed by atoms with Crippen LogP contribution in [0.1, 0.15) is 12.0 Å². The van der Waals surface area contributed by atoms with Crippen molar-refractivity contribution in [3.05, 3.63) is 35.4 Å². The van der Waals surface area contributed by atoms with Gasteiger partial charge in [0, 0.05) is 24.5 Å². The topological polar surface area (TPSA) is 20.3 Å². The Kier molecular flexibility index (Phi) is 4.32. The van der Waals surface area contributed by atoms with E-state index >= 15 is 0 Å². The zero-order chi connectivity index (χ0) is 13.1. The van der Waals surface area contributed by atoms with Crippen LogP contribution in [0.3, 0.4) is 0 Å². The van der Waals surface area contributed by atoms with E-state index in [0.29, 0.717) is 12.5 Å². The van der Waals surface area contributed by atoms with Crippen LogP contribution in [0.2, 0.25) is 0 Å². The minimum atomic E-state index is -0.653. The molecule has 1 saturated heterocycles. The average molecular weight is 318 g/mol. The van der Waals surface area contributed by atoms with Crippen LogP contribution in [-0.2, 0) is 11.2 Å². The molecule has 0 aliphatic carbocycles. The molecule has 18 heavy (non-hydrogen) atoms. The molecule has 0 N–H and O–H groups in total. The predicted molar refractivity (Wildman–Crippen MR) is 68.5 cm³/mol. The first-order valence-electron chi connectivity index (χ1n) is 5.88. The maximum Gasteiger partial charge on any atom is 0.227 e. The van der Waals surface area contributed by atoms with Gasteiger partial charge < -0.3 is 4.90 Å². The molecule has 0 radical (unpaired) electrons. The number of hydrogen-bond donors (Lipinski definition) is 0. The lowest BCUT2D eigenvalue weighted by Crippen LogP contribution is -2.30. The van der Waals surface area contributed by atoms with E-state index in [1.165, 1.54) is 12.1 Å². The highest BCUT2D eigenvalue weighted by Gasteiger charge is 2.25. The van der Waals surface area contributed by atoms with E-state index in [4.69, 9.17) is 0 Å². The Morgan fingerprint density at radius 3 is 2.83 bits per heavy atom. The Morgan fingerprint density at radius 1 is 1.44 bits per heavy atom. The van der Waals surface area contributed by atoms with Gasteiger partial charge in [-0.05, 0) is 24.0 Å². The van der Waals surface area contributed by atoms with Crippen molar-refractivity contribution in [1.82, 2.24) is 4.90 Å². The Hall–Kier alpha value is -0.970. The van der Waals surface area contributed by atoms with Gasteiger partial charge in [-0.1, -0.05) is 22.0 Å². The second-order valence-corrected chi connectivity index (χ2v) is 5.21.